The molecule has 3 heterocycles. The van der Waals surface area contributed by atoms with Crippen molar-refractivity contribution in [2.45, 2.75) is 31.7 Å². The van der Waals surface area contributed by atoms with E-state index in [9.17, 15) is 0 Å². The van der Waals surface area contributed by atoms with Gasteiger partial charge in [0.05, 0.1) is 23.4 Å². The molecular formula is C20H22N8. The first-order valence-electron chi connectivity index (χ1n) is 9.48. The van der Waals surface area contributed by atoms with Crippen molar-refractivity contribution in [2.24, 2.45) is 0 Å². The molecule has 0 radical (unpaired) electrons. The zero-order valence-electron chi connectivity index (χ0n) is 15.8. The van der Waals surface area contributed by atoms with E-state index in [1.54, 1.807) is 12.5 Å². The van der Waals surface area contributed by atoms with Gasteiger partial charge < -0.3 is 15.2 Å². The first-order chi connectivity index (χ1) is 13.7. The summed E-state index contributed by atoms with van der Waals surface area (Å²) in [5, 5.41) is 10.7. The molecule has 0 amide bonds. The molecule has 1 aliphatic rings. The van der Waals surface area contributed by atoms with Crippen LogP contribution in [0.25, 0.3) is 11.0 Å². The quantitative estimate of drug-likeness (QED) is 0.473. The molecule has 142 valence electrons. The Morgan fingerprint density at radius 2 is 2.04 bits per heavy atom. The van der Waals surface area contributed by atoms with Crippen LogP contribution in [-0.2, 0) is 0 Å². The zero-order valence-corrected chi connectivity index (χ0v) is 15.8. The predicted molar refractivity (Wildman–Crippen MR) is 109 cm³/mol. The zero-order chi connectivity index (χ0) is 19.1. The highest BCUT2D eigenvalue weighted by Gasteiger charge is 2.25. The van der Waals surface area contributed by atoms with Crippen molar-refractivity contribution >= 4 is 28.6 Å². The second kappa shape index (κ2) is 6.63. The van der Waals surface area contributed by atoms with Gasteiger partial charge in [0.25, 0.3) is 0 Å². The van der Waals surface area contributed by atoms with Crippen LogP contribution < -0.4 is 10.2 Å². The van der Waals surface area contributed by atoms with E-state index in [1.165, 1.54) is 24.1 Å². The van der Waals surface area contributed by atoms with Gasteiger partial charge in [0.1, 0.15) is 5.82 Å². The first kappa shape index (κ1) is 16.7. The van der Waals surface area contributed by atoms with E-state index < -0.39 is 0 Å². The molecule has 28 heavy (non-hydrogen) atoms. The number of aromatic amines is 2. The maximum Gasteiger partial charge on any atom is 0.227 e. The average molecular weight is 374 g/mol. The summed E-state index contributed by atoms with van der Waals surface area (Å²) in [7, 11) is 2.00. The van der Waals surface area contributed by atoms with Crippen LogP contribution in [0.3, 0.4) is 0 Å². The number of hydrogen-bond donors (Lipinski definition) is 3. The van der Waals surface area contributed by atoms with Crippen LogP contribution in [0.15, 0.2) is 42.9 Å². The minimum atomic E-state index is 0.106. The third-order valence-corrected chi connectivity index (χ3v) is 5.34. The number of anilines is 3. The Morgan fingerprint density at radius 1 is 1.14 bits per heavy atom. The number of nitrogens with zero attached hydrogens (tertiary/aromatic N) is 5. The highest BCUT2D eigenvalue weighted by molar-refractivity contribution is 5.75. The summed E-state index contributed by atoms with van der Waals surface area (Å²) in [6, 6.07) is 10.3. The van der Waals surface area contributed by atoms with Gasteiger partial charge in [-0.25, -0.2) is 9.97 Å². The fourth-order valence-corrected chi connectivity index (χ4v) is 3.33. The lowest BCUT2D eigenvalue weighted by Crippen LogP contribution is -2.23. The van der Waals surface area contributed by atoms with E-state index >= 15 is 0 Å². The van der Waals surface area contributed by atoms with Crippen LogP contribution in [0.2, 0.25) is 0 Å². The van der Waals surface area contributed by atoms with Crippen molar-refractivity contribution in [3.05, 3.63) is 54.1 Å². The number of hydrogen-bond acceptors (Lipinski definition) is 6. The monoisotopic (exact) mass is 374 g/mol. The molecule has 1 aliphatic carbocycles. The SMILES string of the molecule is C[C@H](c1ccc2nc[nH]c2c1)N(C)c1nccc(Nc2cc(C3CC3)[nH]n2)n1. The number of imidazole rings is 1. The van der Waals surface area contributed by atoms with Gasteiger partial charge in [-0.1, -0.05) is 6.07 Å². The van der Waals surface area contributed by atoms with E-state index in [0.717, 1.165) is 22.7 Å². The van der Waals surface area contributed by atoms with Crippen LogP contribution in [0.5, 0.6) is 0 Å². The molecule has 0 spiro atoms. The molecule has 1 fully saturated rings. The Kier molecular flexibility index (Phi) is 3.96. The number of fused-ring (bicyclic) bond motifs is 1. The second-order valence-corrected chi connectivity index (χ2v) is 7.32. The Hall–Kier alpha value is -3.42. The van der Waals surface area contributed by atoms with Crippen molar-refractivity contribution < 1.29 is 0 Å². The molecule has 3 N–H and O–H groups in total. The molecule has 3 aromatic heterocycles. The van der Waals surface area contributed by atoms with Crippen LogP contribution in [0.1, 0.15) is 43.0 Å². The molecule has 1 saturated carbocycles. The van der Waals surface area contributed by atoms with Crippen molar-refractivity contribution in [3.63, 3.8) is 0 Å². The summed E-state index contributed by atoms with van der Waals surface area (Å²) in [5.41, 5.74) is 4.35. The molecule has 4 aromatic rings. The third-order valence-electron chi connectivity index (χ3n) is 5.34. The Labute approximate surface area is 162 Å². The fraction of sp³-hybridized carbons (Fsp3) is 0.300. The lowest BCUT2D eigenvalue weighted by atomic mass is 10.1. The topological polar surface area (TPSA) is 98.4 Å². The van der Waals surface area contributed by atoms with Gasteiger partial charge in [-0.2, -0.15) is 10.1 Å². The standard InChI is InChI=1S/C20H22N8/c1-12(14-5-6-15-17(9-14)23-11-22-15)28(2)20-21-8-7-18(25-20)24-19-10-16(26-27-19)13-3-4-13/h5-13H,3-4H2,1-2H3,(H,22,23)(H2,21,24,25,26,27)/t12-/m1/s1. The van der Waals surface area contributed by atoms with E-state index in [1.807, 2.05) is 19.2 Å². The number of nitrogens with one attached hydrogen (secondary N) is 3. The van der Waals surface area contributed by atoms with Crippen LogP contribution >= 0.6 is 0 Å². The highest BCUT2D eigenvalue weighted by atomic mass is 15.3. The summed E-state index contributed by atoms with van der Waals surface area (Å²) in [4.78, 5) is 18.6. The highest BCUT2D eigenvalue weighted by Crippen LogP contribution is 2.39. The molecule has 1 aromatic carbocycles. The molecule has 0 unspecified atom stereocenters. The van der Waals surface area contributed by atoms with Crippen molar-refractivity contribution in [2.75, 3.05) is 17.3 Å². The summed E-state index contributed by atoms with van der Waals surface area (Å²) in [6.07, 6.45) is 5.96. The predicted octanol–water partition coefficient (Wildman–Crippen LogP) is 3.89. The Morgan fingerprint density at radius 3 is 2.89 bits per heavy atom. The lowest BCUT2D eigenvalue weighted by Gasteiger charge is -2.25. The van der Waals surface area contributed by atoms with Crippen LogP contribution in [0, 0.1) is 0 Å². The molecule has 8 heteroatoms. The molecule has 1 atom stereocenters. The Bertz CT molecular complexity index is 1110. The van der Waals surface area contributed by atoms with Crippen molar-refractivity contribution in [3.8, 4) is 0 Å². The summed E-state index contributed by atoms with van der Waals surface area (Å²) in [5.74, 6) is 2.80. The van der Waals surface area contributed by atoms with Gasteiger partial charge >= 0.3 is 0 Å². The van der Waals surface area contributed by atoms with E-state index in [4.69, 9.17) is 0 Å². The van der Waals surface area contributed by atoms with Crippen molar-refractivity contribution in [1.29, 1.82) is 0 Å². The lowest BCUT2D eigenvalue weighted by molar-refractivity contribution is 0.716. The average Bonchev–Trinajstić information content (AvgIpc) is 3.28. The molecular weight excluding hydrogens is 352 g/mol. The number of benzene rings is 1. The smallest absolute Gasteiger partial charge is 0.227 e. The second-order valence-electron chi connectivity index (χ2n) is 7.32. The maximum atomic E-state index is 4.67. The molecule has 0 aliphatic heterocycles. The largest absolute Gasteiger partial charge is 0.345 e. The number of H-pyrrole nitrogens is 2. The normalized spacial score (nSPS) is 14.9. The summed E-state index contributed by atoms with van der Waals surface area (Å²) < 4.78 is 0. The summed E-state index contributed by atoms with van der Waals surface area (Å²) >= 11 is 0. The molecule has 5 rings (SSSR count). The minimum absolute atomic E-state index is 0.106. The van der Waals surface area contributed by atoms with Gasteiger partial charge in [0, 0.05) is 30.9 Å². The van der Waals surface area contributed by atoms with Gasteiger partial charge in [-0.15, -0.1) is 0 Å². The minimum Gasteiger partial charge on any atom is -0.345 e. The molecule has 0 saturated heterocycles. The van der Waals surface area contributed by atoms with E-state index in [0.29, 0.717) is 11.9 Å². The summed E-state index contributed by atoms with van der Waals surface area (Å²) in [6.45, 7) is 2.14. The molecule has 0 bridgehead atoms. The van der Waals surface area contributed by atoms with E-state index in [2.05, 4.69) is 65.5 Å². The van der Waals surface area contributed by atoms with E-state index in [-0.39, 0.29) is 6.04 Å². The number of aromatic nitrogens is 6. The van der Waals surface area contributed by atoms with Gasteiger partial charge in [0.15, 0.2) is 5.82 Å². The van der Waals surface area contributed by atoms with Gasteiger partial charge in [-0.3, -0.25) is 5.10 Å². The van der Waals surface area contributed by atoms with Gasteiger partial charge in [0.2, 0.25) is 5.95 Å². The first-order valence-corrected chi connectivity index (χ1v) is 9.48. The molecule has 8 nitrogen and oxygen atoms in total. The maximum absolute atomic E-state index is 4.67. The fourth-order valence-electron chi connectivity index (χ4n) is 3.33. The van der Waals surface area contributed by atoms with Crippen molar-refractivity contribution in [1.82, 2.24) is 30.1 Å². The number of rotatable bonds is 6. The third kappa shape index (κ3) is 3.17. The Balaban J connectivity index is 1.35. The van der Waals surface area contributed by atoms with Gasteiger partial charge in [-0.05, 0) is 43.5 Å². The van der Waals surface area contributed by atoms with Crippen LogP contribution in [-0.4, -0.2) is 37.2 Å². The van der Waals surface area contributed by atoms with Crippen LogP contribution in [0.4, 0.5) is 17.6 Å².